The summed E-state index contributed by atoms with van der Waals surface area (Å²) in [5, 5.41) is 0. The van der Waals surface area contributed by atoms with E-state index in [9.17, 15) is 0 Å². The SMILES string of the molecule is CCCOc1ccc([C@H]2CC[C@H](CCC)CC2)cc1. The molecule has 106 valence electrons. The fraction of sp³-hybridized carbons (Fsp3) is 0.667. The summed E-state index contributed by atoms with van der Waals surface area (Å²) in [4.78, 5) is 0. The maximum absolute atomic E-state index is 5.65. The lowest BCUT2D eigenvalue weighted by molar-refractivity contribution is 0.306. The number of rotatable bonds is 6. The molecular weight excluding hydrogens is 232 g/mol. The van der Waals surface area contributed by atoms with Crippen LogP contribution in [0.4, 0.5) is 0 Å². The van der Waals surface area contributed by atoms with Crippen LogP contribution in [0, 0.1) is 5.92 Å². The monoisotopic (exact) mass is 260 g/mol. The zero-order valence-corrected chi connectivity index (χ0v) is 12.5. The summed E-state index contributed by atoms with van der Waals surface area (Å²) in [6.07, 6.45) is 9.44. The van der Waals surface area contributed by atoms with Gasteiger partial charge in [-0.1, -0.05) is 38.8 Å². The fourth-order valence-corrected chi connectivity index (χ4v) is 3.25. The van der Waals surface area contributed by atoms with Gasteiger partial charge >= 0.3 is 0 Å². The Morgan fingerprint density at radius 3 is 2.21 bits per heavy atom. The highest BCUT2D eigenvalue weighted by Gasteiger charge is 2.21. The van der Waals surface area contributed by atoms with Crippen molar-refractivity contribution >= 4 is 0 Å². The Morgan fingerprint density at radius 1 is 0.947 bits per heavy atom. The van der Waals surface area contributed by atoms with Crippen LogP contribution in [0.5, 0.6) is 5.75 Å². The first kappa shape index (κ1) is 14.4. The Hall–Kier alpha value is -0.980. The van der Waals surface area contributed by atoms with Gasteiger partial charge in [0.2, 0.25) is 0 Å². The summed E-state index contributed by atoms with van der Waals surface area (Å²) in [6, 6.07) is 8.83. The van der Waals surface area contributed by atoms with Crippen molar-refractivity contribution in [3.63, 3.8) is 0 Å². The third-order valence-electron chi connectivity index (χ3n) is 4.37. The summed E-state index contributed by atoms with van der Waals surface area (Å²) in [5.41, 5.74) is 1.51. The highest BCUT2D eigenvalue weighted by molar-refractivity contribution is 5.29. The van der Waals surface area contributed by atoms with Gasteiger partial charge in [0, 0.05) is 0 Å². The molecule has 0 amide bonds. The lowest BCUT2D eigenvalue weighted by atomic mass is 9.77. The molecule has 0 heterocycles. The van der Waals surface area contributed by atoms with Crippen molar-refractivity contribution in [1.82, 2.24) is 0 Å². The van der Waals surface area contributed by atoms with Gasteiger partial charge in [-0.2, -0.15) is 0 Å². The van der Waals surface area contributed by atoms with Gasteiger partial charge in [-0.05, 0) is 61.6 Å². The number of hydrogen-bond acceptors (Lipinski definition) is 1. The van der Waals surface area contributed by atoms with Gasteiger partial charge in [0.25, 0.3) is 0 Å². The molecule has 1 fully saturated rings. The van der Waals surface area contributed by atoms with Crippen LogP contribution in [0.15, 0.2) is 24.3 Å². The second-order valence-electron chi connectivity index (χ2n) is 5.92. The summed E-state index contributed by atoms with van der Waals surface area (Å²) in [5.74, 6) is 2.80. The zero-order valence-electron chi connectivity index (χ0n) is 12.5. The predicted octanol–water partition coefficient (Wildman–Crippen LogP) is 5.55. The van der Waals surface area contributed by atoms with E-state index in [1.165, 1.54) is 44.1 Å². The Morgan fingerprint density at radius 2 is 1.63 bits per heavy atom. The zero-order chi connectivity index (χ0) is 13.5. The van der Waals surface area contributed by atoms with Crippen LogP contribution in [-0.4, -0.2) is 6.61 Å². The van der Waals surface area contributed by atoms with E-state index in [1.807, 2.05) is 0 Å². The molecule has 1 saturated carbocycles. The van der Waals surface area contributed by atoms with E-state index < -0.39 is 0 Å². The average molecular weight is 260 g/mol. The lowest BCUT2D eigenvalue weighted by Gasteiger charge is -2.28. The maximum Gasteiger partial charge on any atom is 0.119 e. The Bertz CT molecular complexity index is 346. The summed E-state index contributed by atoms with van der Waals surface area (Å²) in [6.45, 7) is 5.27. The van der Waals surface area contributed by atoms with Gasteiger partial charge < -0.3 is 4.74 Å². The molecule has 19 heavy (non-hydrogen) atoms. The summed E-state index contributed by atoms with van der Waals surface area (Å²) in [7, 11) is 0. The molecule has 1 aromatic rings. The lowest BCUT2D eigenvalue weighted by Crippen LogP contribution is -2.13. The predicted molar refractivity (Wildman–Crippen MR) is 81.8 cm³/mol. The highest BCUT2D eigenvalue weighted by Crippen LogP contribution is 2.37. The van der Waals surface area contributed by atoms with Crippen molar-refractivity contribution < 1.29 is 4.74 Å². The summed E-state index contributed by atoms with van der Waals surface area (Å²) < 4.78 is 5.65. The van der Waals surface area contributed by atoms with Crippen LogP contribution in [-0.2, 0) is 0 Å². The Kier molecular flexibility index (Phi) is 5.75. The Labute approximate surface area is 118 Å². The second-order valence-corrected chi connectivity index (χ2v) is 5.92. The van der Waals surface area contributed by atoms with E-state index in [0.29, 0.717) is 0 Å². The largest absolute Gasteiger partial charge is 0.494 e. The smallest absolute Gasteiger partial charge is 0.119 e. The first-order valence-electron chi connectivity index (χ1n) is 8.06. The van der Waals surface area contributed by atoms with Gasteiger partial charge in [-0.3, -0.25) is 0 Å². The molecule has 0 atom stereocenters. The van der Waals surface area contributed by atoms with Gasteiger partial charge in [0.15, 0.2) is 0 Å². The normalized spacial score (nSPS) is 23.3. The molecule has 0 radical (unpaired) electrons. The third-order valence-corrected chi connectivity index (χ3v) is 4.37. The first-order valence-corrected chi connectivity index (χ1v) is 8.06. The Balaban J connectivity index is 1.85. The maximum atomic E-state index is 5.65. The molecule has 0 bridgehead atoms. The minimum Gasteiger partial charge on any atom is -0.494 e. The molecular formula is C18H28O. The van der Waals surface area contributed by atoms with E-state index in [1.54, 1.807) is 0 Å². The minimum absolute atomic E-state index is 0.785. The van der Waals surface area contributed by atoms with Crippen molar-refractivity contribution in [3.05, 3.63) is 29.8 Å². The van der Waals surface area contributed by atoms with Crippen LogP contribution < -0.4 is 4.74 Å². The number of ether oxygens (including phenoxy) is 1. The fourth-order valence-electron chi connectivity index (χ4n) is 3.25. The molecule has 0 saturated heterocycles. The standard InChI is InChI=1S/C18H28O/c1-3-5-15-6-8-16(9-7-15)17-10-12-18(13-11-17)19-14-4-2/h10-13,15-16H,3-9,14H2,1-2H3/t15-,16-. The molecule has 0 N–H and O–H groups in total. The molecule has 1 aliphatic rings. The van der Waals surface area contributed by atoms with Crippen molar-refractivity contribution in [2.24, 2.45) is 5.92 Å². The van der Waals surface area contributed by atoms with Gasteiger partial charge in [0.1, 0.15) is 5.75 Å². The molecule has 0 aromatic heterocycles. The molecule has 1 aromatic carbocycles. The molecule has 0 aliphatic heterocycles. The van der Waals surface area contributed by atoms with Crippen LogP contribution in [0.2, 0.25) is 0 Å². The second kappa shape index (κ2) is 7.57. The molecule has 0 unspecified atom stereocenters. The molecule has 2 rings (SSSR count). The number of hydrogen-bond donors (Lipinski definition) is 0. The third kappa shape index (κ3) is 4.26. The van der Waals surface area contributed by atoms with E-state index in [-0.39, 0.29) is 0 Å². The first-order chi connectivity index (χ1) is 9.33. The van der Waals surface area contributed by atoms with Crippen molar-refractivity contribution in [1.29, 1.82) is 0 Å². The van der Waals surface area contributed by atoms with Crippen LogP contribution >= 0.6 is 0 Å². The van der Waals surface area contributed by atoms with E-state index in [4.69, 9.17) is 4.74 Å². The van der Waals surface area contributed by atoms with Gasteiger partial charge in [0.05, 0.1) is 6.61 Å². The summed E-state index contributed by atoms with van der Waals surface area (Å²) >= 11 is 0. The molecule has 1 aliphatic carbocycles. The quantitative estimate of drug-likeness (QED) is 0.651. The van der Waals surface area contributed by atoms with Crippen molar-refractivity contribution in [2.45, 2.75) is 64.7 Å². The minimum atomic E-state index is 0.785. The highest BCUT2D eigenvalue weighted by atomic mass is 16.5. The van der Waals surface area contributed by atoms with Crippen molar-refractivity contribution in [3.8, 4) is 5.75 Å². The van der Waals surface area contributed by atoms with Crippen LogP contribution in [0.3, 0.4) is 0 Å². The van der Waals surface area contributed by atoms with Crippen LogP contribution in [0.25, 0.3) is 0 Å². The average Bonchev–Trinajstić information content (AvgIpc) is 2.47. The van der Waals surface area contributed by atoms with Crippen LogP contribution in [0.1, 0.15) is 70.3 Å². The van der Waals surface area contributed by atoms with Gasteiger partial charge in [-0.25, -0.2) is 0 Å². The topological polar surface area (TPSA) is 9.23 Å². The van der Waals surface area contributed by atoms with E-state index in [2.05, 4.69) is 38.1 Å². The number of benzene rings is 1. The van der Waals surface area contributed by atoms with E-state index in [0.717, 1.165) is 30.6 Å². The van der Waals surface area contributed by atoms with Gasteiger partial charge in [-0.15, -0.1) is 0 Å². The molecule has 1 nitrogen and oxygen atoms in total. The molecule has 1 heteroatoms. The van der Waals surface area contributed by atoms with E-state index >= 15 is 0 Å². The van der Waals surface area contributed by atoms with Crippen molar-refractivity contribution in [2.75, 3.05) is 6.61 Å². The molecule has 0 spiro atoms.